The van der Waals surface area contributed by atoms with Crippen LogP contribution in [0.4, 0.5) is 0 Å². The molecule has 19 heavy (non-hydrogen) atoms. The van der Waals surface area contributed by atoms with E-state index in [1.54, 1.807) is 7.05 Å². The summed E-state index contributed by atoms with van der Waals surface area (Å²) < 4.78 is 1.53. The third-order valence-electron chi connectivity index (χ3n) is 3.22. The van der Waals surface area contributed by atoms with E-state index in [0.29, 0.717) is 22.8 Å². The van der Waals surface area contributed by atoms with E-state index in [1.165, 1.54) is 18.7 Å². The Morgan fingerprint density at radius 3 is 2.47 bits per heavy atom. The fraction of sp³-hybridized carbons (Fsp3) is 0.583. The van der Waals surface area contributed by atoms with Crippen molar-refractivity contribution in [2.24, 2.45) is 12.5 Å². The average molecular weight is 288 g/mol. The SMILES string of the molecule is CCc1nn(C)c(CC(C)(C(=O)O)C(=O)NC)c1Cl. The highest BCUT2D eigenvalue weighted by Crippen LogP contribution is 2.29. The summed E-state index contributed by atoms with van der Waals surface area (Å²) in [6.07, 6.45) is 0.640. The molecule has 6 nitrogen and oxygen atoms in total. The van der Waals surface area contributed by atoms with Gasteiger partial charge in [0.25, 0.3) is 0 Å². The molecule has 0 fully saturated rings. The molecule has 0 bridgehead atoms. The lowest BCUT2D eigenvalue weighted by Crippen LogP contribution is -2.45. The Hall–Kier alpha value is -1.56. The molecule has 0 aliphatic carbocycles. The molecule has 1 atom stereocenters. The second kappa shape index (κ2) is 5.61. The number of nitrogens with one attached hydrogen (secondary N) is 1. The van der Waals surface area contributed by atoms with Crippen LogP contribution in [-0.4, -0.2) is 33.8 Å². The predicted octanol–water partition coefficient (Wildman–Crippen LogP) is 1.02. The molecular weight excluding hydrogens is 270 g/mol. The van der Waals surface area contributed by atoms with Gasteiger partial charge in [-0.2, -0.15) is 5.10 Å². The van der Waals surface area contributed by atoms with Crippen LogP contribution in [0.5, 0.6) is 0 Å². The van der Waals surface area contributed by atoms with E-state index in [-0.39, 0.29) is 6.42 Å². The molecule has 7 heteroatoms. The standard InChI is InChI=1S/C12H18ClN3O3/c1-5-7-9(13)8(16(4)15-7)6-12(2,11(18)19)10(17)14-3/h5-6H2,1-4H3,(H,14,17)(H,18,19). The molecule has 0 spiro atoms. The Kier molecular flexibility index (Phi) is 4.57. The second-order valence-electron chi connectivity index (χ2n) is 4.58. The molecule has 106 valence electrons. The Morgan fingerprint density at radius 2 is 2.11 bits per heavy atom. The number of aromatic nitrogens is 2. The van der Waals surface area contributed by atoms with Gasteiger partial charge in [0, 0.05) is 20.5 Å². The van der Waals surface area contributed by atoms with Gasteiger partial charge in [0.1, 0.15) is 5.41 Å². The number of hydrogen-bond acceptors (Lipinski definition) is 3. The van der Waals surface area contributed by atoms with Crippen molar-refractivity contribution >= 4 is 23.5 Å². The zero-order valence-corrected chi connectivity index (χ0v) is 12.2. The molecule has 1 rings (SSSR count). The van der Waals surface area contributed by atoms with Gasteiger partial charge in [-0.15, -0.1) is 0 Å². The Balaban J connectivity index is 3.22. The zero-order chi connectivity index (χ0) is 14.8. The molecule has 0 aromatic carbocycles. The van der Waals surface area contributed by atoms with Crippen LogP contribution in [0.25, 0.3) is 0 Å². The van der Waals surface area contributed by atoms with Gasteiger partial charge in [0.05, 0.1) is 16.4 Å². The van der Waals surface area contributed by atoms with Crippen molar-refractivity contribution in [2.45, 2.75) is 26.7 Å². The van der Waals surface area contributed by atoms with E-state index in [0.717, 1.165) is 0 Å². The van der Waals surface area contributed by atoms with Crippen molar-refractivity contribution in [3.8, 4) is 0 Å². The molecule has 0 saturated heterocycles. The smallest absolute Gasteiger partial charge is 0.319 e. The maximum atomic E-state index is 11.8. The summed E-state index contributed by atoms with van der Waals surface area (Å²) in [5.74, 6) is -1.75. The monoisotopic (exact) mass is 287 g/mol. The van der Waals surface area contributed by atoms with Crippen LogP contribution in [0.15, 0.2) is 0 Å². The first-order chi connectivity index (χ1) is 8.77. The number of carbonyl (C=O) groups excluding carboxylic acids is 1. The number of nitrogens with zero attached hydrogens (tertiary/aromatic N) is 2. The van der Waals surface area contributed by atoms with Gasteiger partial charge in [0.15, 0.2) is 0 Å². The van der Waals surface area contributed by atoms with Crippen molar-refractivity contribution in [1.82, 2.24) is 15.1 Å². The lowest BCUT2D eigenvalue weighted by molar-refractivity contribution is -0.154. The van der Waals surface area contributed by atoms with Crippen LogP contribution in [0.2, 0.25) is 5.02 Å². The van der Waals surface area contributed by atoms with Crippen LogP contribution in [0.1, 0.15) is 25.2 Å². The fourth-order valence-electron chi connectivity index (χ4n) is 1.88. The van der Waals surface area contributed by atoms with Gasteiger partial charge >= 0.3 is 5.97 Å². The van der Waals surface area contributed by atoms with Gasteiger partial charge in [-0.25, -0.2) is 0 Å². The van der Waals surface area contributed by atoms with Crippen LogP contribution >= 0.6 is 11.6 Å². The molecule has 1 aromatic rings. The van der Waals surface area contributed by atoms with Crippen LogP contribution in [0.3, 0.4) is 0 Å². The van der Waals surface area contributed by atoms with Gasteiger partial charge in [-0.3, -0.25) is 14.3 Å². The Labute approximate surface area is 116 Å². The lowest BCUT2D eigenvalue weighted by atomic mass is 9.84. The van der Waals surface area contributed by atoms with Gasteiger partial charge in [-0.05, 0) is 13.3 Å². The van der Waals surface area contributed by atoms with Crippen molar-refractivity contribution in [3.05, 3.63) is 16.4 Å². The molecule has 2 N–H and O–H groups in total. The highest BCUT2D eigenvalue weighted by atomic mass is 35.5. The number of aryl methyl sites for hydroxylation is 2. The minimum atomic E-state index is -1.57. The van der Waals surface area contributed by atoms with E-state index in [2.05, 4.69) is 10.4 Å². The Bertz CT molecular complexity index is 513. The normalized spacial score (nSPS) is 13.9. The van der Waals surface area contributed by atoms with E-state index in [4.69, 9.17) is 11.6 Å². The molecule has 0 saturated carbocycles. The average Bonchev–Trinajstić information content (AvgIpc) is 2.64. The van der Waals surface area contributed by atoms with Crippen LogP contribution in [-0.2, 0) is 29.5 Å². The predicted molar refractivity (Wildman–Crippen MR) is 71.1 cm³/mol. The van der Waals surface area contributed by atoms with Crippen molar-refractivity contribution in [3.63, 3.8) is 0 Å². The highest BCUT2D eigenvalue weighted by molar-refractivity contribution is 6.32. The van der Waals surface area contributed by atoms with Crippen molar-refractivity contribution in [1.29, 1.82) is 0 Å². The molecule has 0 radical (unpaired) electrons. The van der Waals surface area contributed by atoms with Crippen LogP contribution < -0.4 is 5.32 Å². The number of halogens is 1. The molecule has 0 aliphatic heterocycles. The first-order valence-electron chi connectivity index (χ1n) is 5.93. The molecule has 1 amide bonds. The van der Waals surface area contributed by atoms with E-state index in [1.807, 2.05) is 6.92 Å². The maximum absolute atomic E-state index is 11.8. The van der Waals surface area contributed by atoms with Gasteiger partial charge in [-0.1, -0.05) is 18.5 Å². The number of carboxylic acid groups (broad SMARTS) is 1. The number of rotatable bonds is 5. The number of hydrogen-bond donors (Lipinski definition) is 2. The summed E-state index contributed by atoms with van der Waals surface area (Å²) in [7, 11) is 3.10. The first kappa shape index (κ1) is 15.5. The van der Waals surface area contributed by atoms with E-state index < -0.39 is 17.3 Å². The highest BCUT2D eigenvalue weighted by Gasteiger charge is 2.42. The fourth-order valence-corrected chi connectivity index (χ4v) is 2.24. The number of amides is 1. The van der Waals surface area contributed by atoms with Gasteiger partial charge in [0.2, 0.25) is 5.91 Å². The number of carboxylic acids is 1. The summed E-state index contributed by atoms with van der Waals surface area (Å²) in [5.41, 5.74) is -0.326. The topological polar surface area (TPSA) is 84.2 Å². The molecule has 0 aliphatic rings. The minimum absolute atomic E-state index is 0.00958. The summed E-state index contributed by atoms with van der Waals surface area (Å²) in [6, 6.07) is 0. The summed E-state index contributed by atoms with van der Waals surface area (Å²) in [4.78, 5) is 23.2. The minimum Gasteiger partial charge on any atom is -0.480 e. The largest absolute Gasteiger partial charge is 0.480 e. The third-order valence-corrected chi connectivity index (χ3v) is 3.66. The number of aliphatic carboxylic acids is 1. The summed E-state index contributed by atoms with van der Waals surface area (Å²) in [5, 5.41) is 16.3. The van der Waals surface area contributed by atoms with Crippen molar-refractivity contribution in [2.75, 3.05) is 7.05 Å². The molecular formula is C12H18ClN3O3. The molecule has 1 aromatic heterocycles. The lowest BCUT2D eigenvalue weighted by Gasteiger charge is -2.22. The zero-order valence-electron chi connectivity index (χ0n) is 11.5. The summed E-state index contributed by atoms with van der Waals surface area (Å²) in [6.45, 7) is 3.29. The second-order valence-corrected chi connectivity index (χ2v) is 4.96. The van der Waals surface area contributed by atoms with E-state index in [9.17, 15) is 14.7 Å². The first-order valence-corrected chi connectivity index (χ1v) is 6.31. The van der Waals surface area contributed by atoms with Crippen LogP contribution in [0, 0.1) is 5.41 Å². The van der Waals surface area contributed by atoms with E-state index >= 15 is 0 Å². The Morgan fingerprint density at radius 1 is 1.53 bits per heavy atom. The van der Waals surface area contributed by atoms with Crippen molar-refractivity contribution < 1.29 is 14.7 Å². The summed E-state index contributed by atoms with van der Waals surface area (Å²) >= 11 is 6.18. The van der Waals surface area contributed by atoms with Gasteiger partial charge < -0.3 is 10.4 Å². The third kappa shape index (κ3) is 2.73. The maximum Gasteiger partial charge on any atom is 0.319 e. The number of carbonyl (C=O) groups is 2. The quantitative estimate of drug-likeness (QED) is 0.792. The molecule has 1 heterocycles. The molecule has 1 unspecified atom stereocenters.